The molecule has 2 aliphatic heterocycles. The van der Waals surface area contributed by atoms with Gasteiger partial charge in [0.05, 0.1) is 0 Å². The molecule has 320 valence electrons. The van der Waals surface area contributed by atoms with Crippen molar-refractivity contribution in [3.8, 4) is 0 Å². The van der Waals surface area contributed by atoms with Crippen molar-refractivity contribution >= 4 is 68.4 Å². The molecule has 0 fully saturated rings. The Labute approximate surface area is 373 Å². The lowest BCUT2D eigenvalue weighted by Crippen LogP contribution is -2.61. The van der Waals surface area contributed by atoms with Crippen LogP contribution in [-0.4, -0.2) is 6.71 Å². The van der Waals surface area contributed by atoms with Gasteiger partial charge in [-0.25, -0.2) is 0 Å². The maximum Gasteiger partial charge on any atom is 0.257 e. The number of aryl methyl sites for hydroxylation is 2. The SMILES string of the molecule is Cc1cc2c3c(c1)N(c1ccc(C(C)(C)C)cc1)c1oc4ccc(C(C)(C)C)cc4c1B3c1cc3c(cc1N2c1cc2c(cc1C)C(C)(C)CCC2(C)C)C(C)(C)CCC3(C)C. The number of hydrogen-bond donors (Lipinski definition) is 0. The van der Waals surface area contributed by atoms with Crippen molar-refractivity contribution in [2.45, 2.75) is 169 Å². The number of fused-ring (bicyclic) bond motifs is 8. The summed E-state index contributed by atoms with van der Waals surface area (Å²) in [7, 11) is 0. The zero-order valence-corrected chi connectivity index (χ0v) is 40.7. The summed E-state index contributed by atoms with van der Waals surface area (Å²) < 4.78 is 7.26. The second-order valence-corrected chi connectivity index (χ2v) is 24.6. The largest absolute Gasteiger partial charge is 0.440 e. The number of rotatable bonds is 2. The predicted octanol–water partition coefficient (Wildman–Crippen LogP) is 14.4. The lowest BCUT2D eigenvalue weighted by atomic mass is 9.33. The minimum absolute atomic E-state index is 0.0159. The van der Waals surface area contributed by atoms with Crippen LogP contribution in [0.15, 0.2) is 83.3 Å². The molecule has 3 nitrogen and oxygen atoms in total. The quantitative estimate of drug-likeness (QED) is 0.162. The first-order valence-electron chi connectivity index (χ1n) is 23.6. The van der Waals surface area contributed by atoms with Crippen LogP contribution in [0.25, 0.3) is 11.0 Å². The molecule has 4 aliphatic rings. The smallest absolute Gasteiger partial charge is 0.257 e. The van der Waals surface area contributed by atoms with Crippen LogP contribution in [0.4, 0.5) is 34.3 Å². The summed E-state index contributed by atoms with van der Waals surface area (Å²) >= 11 is 0. The Morgan fingerprint density at radius 3 is 1.53 bits per heavy atom. The second kappa shape index (κ2) is 13.0. The van der Waals surface area contributed by atoms with Gasteiger partial charge in [-0.2, -0.15) is 0 Å². The summed E-state index contributed by atoms with van der Waals surface area (Å²) in [5, 5.41) is 1.22. The molecule has 0 unspecified atom stereocenters. The van der Waals surface area contributed by atoms with E-state index in [1.165, 1.54) is 115 Å². The van der Waals surface area contributed by atoms with E-state index in [0.717, 1.165) is 17.2 Å². The molecular formula is C58H69BN2O. The Kier molecular flexibility index (Phi) is 8.63. The van der Waals surface area contributed by atoms with E-state index in [4.69, 9.17) is 4.42 Å². The van der Waals surface area contributed by atoms with Crippen molar-refractivity contribution < 1.29 is 4.42 Å². The van der Waals surface area contributed by atoms with E-state index in [9.17, 15) is 0 Å². The molecule has 2 aliphatic carbocycles. The van der Waals surface area contributed by atoms with E-state index < -0.39 is 0 Å². The van der Waals surface area contributed by atoms with Crippen LogP contribution < -0.4 is 26.2 Å². The summed E-state index contributed by atoms with van der Waals surface area (Å²) in [6, 6.07) is 31.6. The van der Waals surface area contributed by atoms with Crippen molar-refractivity contribution in [1.29, 1.82) is 0 Å². The number of furan rings is 1. The highest BCUT2D eigenvalue weighted by molar-refractivity contribution is 7.01. The molecule has 6 aromatic rings. The lowest BCUT2D eigenvalue weighted by Gasteiger charge is -2.47. The third-order valence-electron chi connectivity index (χ3n) is 16.1. The van der Waals surface area contributed by atoms with E-state index in [0.29, 0.717) is 0 Å². The molecule has 0 saturated heterocycles. The Balaban J connectivity index is 1.35. The monoisotopic (exact) mass is 821 g/mol. The van der Waals surface area contributed by atoms with Crippen LogP contribution in [0.2, 0.25) is 0 Å². The molecule has 4 heteroatoms. The molecule has 0 N–H and O–H groups in total. The Morgan fingerprint density at radius 1 is 0.500 bits per heavy atom. The first-order valence-corrected chi connectivity index (χ1v) is 23.6. The summed E-state index contributed by atoms with van der Waals surface area (Å²) in [6.07, 6.45) is 4.72. The fourth-order valence-corrected chi connectivity index (χ4v) is 11.8. The highest BCUT2D eigenvalue weighted by Gasteiger charge is 2.49. The highest BCUT2D eigenvalue weighted by atomic mass is 16.4. The first-order chi connectivity index (χ1) is 28.8. The molecule has 10 rings (SSSR count). The summed E-state index contributed by atoms with van der Waals surface area (Å²) in [5.74, 6) is 0.939. The average Bonchev–Trinajstić information content (AvgIpc) is 3.56. The summed E-state index contributed by atoms with van der Waals surface area (Å²) in [6.45, 7) is 38.3. The topological polar surface area (TPSA) is 19.6 Å². The van der Waals surface area contributed by atoms with Gasteiger partial charge in [0.25, 0.3) is 6.71 Å². The fourth-order valence-electron chi connectivity index (χ4n) is 11.8. The molecule has 1 aromatic heterocycles. The molecule has 5 aromatic carbocycles. The van der Waals surface area contributed by atoms with E-state index in [1.807, 2.05) is 0 Å². The van der Waals surface area contributed by atoms with Crippen LogP contribution in [0, 0.1) is 13.8 Å². The van der Waals surface area contributed by atoms with Crippen molar-refractivity contribution in [3.05, 3.63) is 123 Å². The first kappa shape index (κ1) is 41.3. The third kappa shape index (κ3) is 6.04. The van der Waals surface area contributed by atoms with Crippen LogP contribution in [0.5, 0.6) is 0 Å². The minimum Gasteiger partial charge on any atom is -0.440 e. The fraction of sp³-hybridized carbons (Fsp3) is 0.448. The van der Waals surface area contributed by atoms with Crippen LogP contribution in [-0.2, 0) is 32.5 Å². The molecular weight excluding hydrogens is 751 g/mol. The third-order valence-corrected chi connectivity index (χ3v) is 16.1. The maximum absolute atomic E-state index is 7.26. The van der Waals surface area contributed by atoms with Crippen molar-refractivity contribution in [2.24, 2.45) is 0 Å². The Morgan fingerprint density at radius 2 is 0.984 bits per heavy atom. The maximum atomic E-state index is 7.26. The zero-order valence-electron chi connectivity index (χ0n) is 40.7. The number of anilines is 6. The van der Waals surface area contributed by atoms with Gasteiger partial charge < -0.3 is 9.32 Å². The van der Waals surface area contributed by atoms with Crippen molar-refractivity contribution in [2.75, 3.05) is 9.80 Å². The van der Waals surface area contributed by atoms with Gasteiger partial charge in [0.2, 0.25) is 5.88 Å². The number of benzene rings is 5. The standard InChI is InChI=1S/C58H69BN2O/c1-34-27-47-51-48(28-34)61(45-32-42-40(29-35(45)2)55(9,10)23-25-57(42,13)14)46-33-43-41(56(11,12)24-26-58(43,15)16)31-44(46)59(51)50-39-30-37(54(6,7)8)19-22-49(39)62-52(50)60(47)38-20-17-36(18-21-38)53(3,4)5/h17-22,27-33H,23-26H2,1-16H3. The summed E-state index contributed by atoms with van der Waals surface area (Å²) in [4.78, 5) is 5.17. The Bertz CT molecular complexity index is 2850. The predicted molar refractivity (Wildman–Crippen MR) is 268 cm³/mol. The van der Waals surface area contributed by atoms with Gasteiger partial charge >= 0.3 is 0 Å². The van der Waals surface area contributed by atoms with Crippen LogP contribution in [0.3, 0.4) is 0 Å². The summed E-state index contributed by atoms with van der Waals surface area (Å²) in [5.41, 5.74) is 22.8. The molecule has 0 bridgehead atoms. The van der Waals surface area contributed by atoms with E-state index in [2.05, 4.69) is 199 Å². The number of nitrogens with zero attached hydrogens (tertiary/aromatic N) is 2. The van der Waals surface area contributed by atoms with Crippen molar-refractivity contribution in [1.82, 2.24) is 0 Å². The second-order valence-electron chi connectivity index (χ2n) is 24.6. The number of hydrogen-bond acceptors (Lipinski definition) is 3. The molecule has 0 saturated carbocycles. The van der Waals surface area contributed by atoms with Gasteiger partial charge in [-0.1, -0.05) is 127 Å². The zero-order chi connectivity index (χ0) is 44.4. The molecule has 0 amide bonds. The van der Waals surface area contributed by atoms with E-state index in [-0.39, 0.29) is 39.2 Å². The average molecular weight is 821 g/mol. The lowest BCUT2D eigenvalue weighted by molar-refractivity contribution is 0.331. The highest BCUT2D eigenvalue weighted by Crippen LogP contribution is 2.54. The van der Waals surface area contributed by atoms with Crippen LogP contribution in [0.1, 0.15) is 167 Å². The van der Waals surface area contributed by atoms with Gasteiger partial charge in [-0.05, 0) is 176 Å². The Hall–Kier alpha value is -4.70. The van der Waals surface area contributed by atoms with E-state index in [1.54, 1.807) is 0 Å². The molecule has 0 radical (unpaired) electrons. The van der Waals surface area contributed by atoms with E-state index >= 15 is 0 Å². The molecule has 0 spiro atoms. The van der Waals surface area contributed by atoms with Gasteiger partial charge in [-0.15, -0.1) is 0 Å². The molecule has 3 heterocycles. The van der Waals surface area contributed by atoms with Gasteiger partial charge in [0, 0.05) is 39.3 Å². The molecule has 62 heavy (non-hydrogen) atoms. The normalized spacial score (nSPS) is 19.1. The van der Waals surface area contributed by atoms with Crippen molar-refractivity contribution in [3.63, 3.8) is 0 Å². The molecule has 0 atom stereocenters. The van der Waals surface area contributed by atoms with Crippen LogP contribution >= 0.6 is 0 Å². The van der Waals surface area contributed by atoms with Gasteiger partial charge in [0.15, 0.2) is 0 Å². The van der Waals surface area contributed by atoms with Gasteiger partial charge in [0.1, 0.15) is 5.58 Å². The van der Waals surface area contributed by atoms with Gasteiger partial charge in [-0.3, -0.25) is 4.90 Å². The minimum atomic E-state index is -0.0251.